The van der Waals surface area contributed by atoms with Gasteiger partial charge in [-0.15, -0.1) is 0 Å². The SMILES string of the molecule is CCOc1ccc(/C=C(/C(=O)N2CCN(c3cc(-c4ccccc4)ncn3)CC2)c2ccccc2)cc1. The van der Waals surface area contributed by atoms with Gasteiger partial charge in [-0.2, -0.15) is 0 Å². The first-order valence-corrected chi connectivity index (χ1v) is 12.6. The van der Waals surface area contributed by atoms with Crippen LogP contribution < -0.4 is 9.64 Å². The molecule has 0 radical (unpaired) electrons. The van der Waals surface area contributed by atoms with Gasteiger partial charge in [0.1, 0.15) is 17.9 Å². The van der Waals surface area contributed by atoms with E-state index in [0.717, 1.165) is 34.0 Å². The third kappa shape index (κ3) is 5.86. The average molecular weight is 491 g/mol. The van der Waals surface area contributed by atoms with Crippen molar-refractivity contribution in [1.82, 2.24) is 14.9 Å². The second kappa shape index (κ2) is 11.5. The van der Waals surface area contributed by atoms with Crippen LogP contribution in [0.3, 0.4) is 0 Å². The molecule has 0 spiro atoms. The number of carbonyl (C=O) groups excluding carboxylic acids is 1. The van der Waals surface area contributed by atoms with E-state index in [1.54, 1.807) is 6.33 Å². The fraction of sp³-hybridized carbons (Fsp3) is 0.194. The fourth-order valence-electron chi connectivity index (χ4n) is 4.48. The summed E-state index contributed by atoms with van der Waals surface area (Å²) in [5.41, 5.74) is 4.52. The lowest BCUT2D eigenvalue weighted by Crippen LogP contribution is -2.49. The van der Waals surface area contributed by atoms with E-state index in [-0.39, 0.29) is 5.91 Å². The molecule has 3 aromatic carbocycles. The monoisotopic (exact) mass is 490 g/mol. The Bertz CT molecular complexity index is 1350. The highest BCUT2D eigenvalue weighted by molar-refractivity contribution is 6.24. The number of anilines is 1. The molecule has 0 aliphatic carbocycles. The highest BCUT2D eigenvalue weighted by Gasteiger charge is 2.25. The van der Waals surface area contributed by atoms with E-state index in [1.807, 2.05) is 109 Å². The zero-order chi connectivity index (χ0) is 25.5. The van der Waals surface area contributed by atoms with Gasteiger partial charge in [-0.25, -0.2) is 9.97 Å². The van der Waals surface area contributed by atoms with Crippen molar-refractivity contribution in [1.29, 1.82) is 0 Å². The van der Waals surface area contributed by atoms with Crippen LogP contribution in [-0.4, -0.2) is 53.6 Å². The fourth-order valence-corrected chi connectivity index (χ4v) is 4.48. The first-order valence-electron chi connectivity index (χ1n) is 12.6. The summed E-state index contributed by atoms with van der Waals surface area (Å²) in [6, 6.07) is 29.8. The molecule has 0 N–H and O–H groups in total. The zero-order valence-electron chi connectivity index (χ0n) is 21.0. The van der Waals surface area contributed by atoms with Crippen molar-refractivity contribution in [2.75, 3.05) is 37.7 Å². The molecule has 6 heteroatoms. The molecular formula is C31H30N4O2. The summed E-state index contributed by atoms with van der Waals surface area (Å²) in [6.07, 6.45) is 3.58. The van der Waals surface area contributed by atoms with Crippen LogP contribution in [0.2, 0.25) is 0 Å². The number of amides is 1. The Hall–Kier alpha value is -4.45. The summed E-state index contributed by atoms with van der Waals surface area (Å²) in [4.78, 5) is 26.8. The van der Waals surface area contributed by atoms with Crippen LogP contribution in [0.15, 0.2) is 97.3 Å². The van der Waals surface area contributed by atoms with Crippen LogP contribution in [0.5, 0.6) is 5.75 Å². The van der Waals surface area contributed by atoms with Crippen LogP contribution in [0.25, 0.3) is 22.9 Å². The van der Waals surface area contributed by atoms with E-state index in [2.05, 4.69) is 14.9 Å². The van der Waals surface area contributed by atoms with Gasteiger partial charge >= 0.3 is 0 Å². The van der Waals surface area contributed by atoms with Crippen molar-refractivity contribution in [3.8, 4) is 17.0 Å². The minimum absolute atomic E-state index is 0.0346. The van der Waals surface area contributed by atoms with Gasteiger partial charge in [-0.05, 0) is 36.3 Å². The first kappa shape index (κ1) is 24.3. The van der Waals surface area contributed by atoms with Gasteiger partial charge in [0.05, 0.1) is 12.3 Å². The Balaban J connectivity index is 1.32. The molecule has 1 aliphatic rings. The molecule has 0 atom stereocenters. The van der Waals surface area contributed by atoms with E-state index < -0.39 is 0 Å². The Morgan fingerprint density at radius 2 is 1.54 bits per heavy atom. The Morgan fingerprint density at radius 1 is 0.865 bits per heavy atom. The number of nitrogens with zero attached hydrogens (tertiary/aromatic N) is 4. The van der Waals surface area contributed by atoms with Crippen molar-refractivity contribution in [2.45, 2.75) is 6.92 Å². The smallest absolute Gasteiger partial charge is 0.254 e. The van der Waals surface area contributed by atoms with Gasteiger partial charge in [-0.3, -0.25) is 4.79 Å². The summed E-state index contributed by atoms with van der Waals surface area (Å²) >= 11 is 0. The molecule has 0 saturated carbocycles. The molecule has 1 fully saturated rings. The molecule has 186 valence electrons. The van der Waals surface area contributed by atoms with Crippen molar-refractivity contribution in [3.63, 3.8) is 0 Å². The van der Waals surface area contributed by atoms with E-state index in [1.165, 1.54) is 0 Å². The lowest BCUT2D eigenvalue weighted by Gasteiger charge is -2.36. The molecule has 0 bridgehead atoms. The summed E-state index contributed by atoms with van der Waals surface area (Å²) < 4.78 is 5.56. The van der Waals surface area contributed by atoms with E-state index in [0.29, 0.717) is 38.4 Å². The quantitative estimate of drug-likeness (QED) is 0.255. The Labute approximate surface area is 217 Å². The summed E-state index contributed by atoms with van der Waals surface area (Å²) in [5.74, 6) is 1.74. The second-order valence-electron chi connectivity index (χ2n) is 8.83. The predicted octanol–water partition coefficient (Wildman–Crippen LogP) is 5.43. The van der Waals surface area contributed by atoms with Crippen molar-refractivity contribution >= 4 is 23.4 Å². The molecule has 6 nitrogen and oxygen atoms in total. The maximum atomic E-state index is 13.7. The minimum Gasteiger partial charge on any atom is -0.494 e. The molecule has 1 aromatic heterocycles. The highest BCUT2D eigenvalue weighted by atomic mass is 16.5. The third-order valence-electron chi connectivity index (χ3n) is 6.43. The van der Waals surface area contributed by atoms with Crippen LogP contribution in [-0.2, 0) is 4.79 Å². The number of hydrogen-bond donors (Lipinski definition) is 0. The van der Waals surface area contributed by atoms with Gasteiger partial charge in [0.15, 0.2) is 0 Å². The van der Waals surface area contributed by atoms with Crippen LogP contribution in [0.1, 0.15) is 18.1 Å². The van der Waals surface area contributed by atoms with Gasteiger partial charge in [0.25, 0.3) is 5.91 Å². The third-order valence-corrected chi connectivity index (χ3v) is 6.43. The zero-order valence-corrected chi connectivity index (χ0v) is 21.0. The van der Waals surface area contributed by atoms with Crippen LogP contribution in [0.4, 0.5) is 5.82 Å². The first-order chi connectivity index (χ1) is 18.2. The van der Waals surface area contributed by atoms with Gasteiger partial charge < -0.3 is 14.5 Å². The molecule has 37 heavy (non-hydrogen) atoms. The topological polar surface area (TPSA) is 58.6 Å². The van der Waals surface area contributed by atoms with Crippen molar-refractivity contribution in [3.05, 3.63) is 108 Å². The van der Waals surface area contributed by atoms with Gasteiger partial charge in [0, 0.05) is 43.4 Å². The predicted molar refractivity (Wildman–Crippen MR) is 148 cm³/mol. The largest absolute Gasteiger partial charge is 0.494 e. The van der Waals surface area contributed by atoms with Crippen LogP contribution in [0, 0.1) is 0 Å². The lowest BCUT2D eigenvalue weighted by molar-refractivity contribution is -0.125. The van der Waals surface area contributed by atoms with Crippen molar-refractivity contribution < 1.29 is 9.53 Å². The maximum Gasteiger partial charge on any atom is 0.254 e. The number of carbonyl (C=O) groups is 1. The molecule has 2 heterocycles. The Kier molecular flexibility index (Phi) is 7.55. The van der Waals surface area contributed by atoms with Crippen LogP contribution >= 0.6 is 0 Å². The molecule has 1 saturated heterocycles. The minimum atomic E-state index is 0.0346. The molecule has 4 aromatic rings. The molecule has 0 unspecified atom stereocenters. The highest BCUT2D eigenvalue weighted by Crippen LogP contribution is 2.25. The number of aromatic nitrogens is 2. The van der Waals surface area contributed by atoms with E-state index in [4.69, 9.17) is 4.74 Å². The molecular weight excluding hydrogens is 460 g/mol. The Morgan fingerprint density at radius 3 is 2.22 bits per heavy atom. The van der Waals surface area contributed by atoms with E-state index in [9.17, 15) is 4.79 Å². The van der Waals surface area contributed by atoms with Gasteiger partial charge in [0.2, 0.25) is 0 Å². The summed E-state index contributed by atoms with van der Waals surface area (Å²) in [7, 11) is 0. The maximum absolute atomic E-state index is 13.7. The number of benzene rings is 3. The number of piperazine rings is 1. The molecule has 5 rings (SSSR count). The van der Waals surface area contributed by atoms with E-state index >= 15 is 0 Å². The average Bonchev–Trinajstić information content (AvgIpc) is 2.98. The molecule has 1 amide bonds. The normalized spacial score (nSPS) is 13.9. The lowest BCUT2D eigenvalue weighted by atomic mass is 10.0. The number of rotatable bonds is 7. The summed E-state index contributed by atoms with van der Waals surface area (Å²) in [6.45, 7) is 5.25. The van der Waals surface area contributed by atoms with Gasteiger partial charge in [-0.1, -0.05) is 72.8 Å². The summed E-state index contributed by atoms with van der Waals surface area (Å²) in [5, 5.41) is 0. The van der Waals surface area contributed by atoms with Crippen molar-refractivity contribution in [2.24, 2.45) is 0 Å². The standard InChI is InChI=1S/C31H30N4O2/c1-2-37-27-15-13-24(14-16-27)21-28(25-9-5-3-6-10-25)31(36)35-19-17-34(18-20-35)30-22-29(32-23-33-30)26-11-7-4-8-12-26/h3-16,21-23H,2,17-20H2,1H3/b28-21+. The molecule has 1 aliphatic heterocycles. The second-order valence-corrected chi connectivity index (χ2v) is 8.83. The number of hydrogen-bond acceptors (Lipinski definition) is 5. The number of ether oxygens (including phenoxy) is 1.